The van der Waals surface area contributed by atoms with E-state index in [0.717, 1.165) is 31.4 Å². The molecule has 2 aromatic heterocycles. The molecule has 2 heterocycles. The minimum atomic E-state index is -0.376. The molecule has 0 bridgehead atoms. The van der Waals surface area contributed by atoms with Gasteiger partial charge in [0.15, 0.2) is 0 Å². The van der Waals surface area contributed by atoms with Crippen LogP contribution in [-0.2, 0) is 17.4 Å². The van der Waals surface area contributed by atoms with Gasteiger partial charge >= 0.3 is 0 Å². The highest BCUT2D eigenvalue weighted by Crippen LogP contribution is 2.41. The molecule has 19 heavy (non-hydrogen) atoms. The quantitative estimate of drug-likeness (QED) is 0.845. The van der Waals surface area contributed by atoms with Gasteiger partial charge in [0.05, 0.1) is 0 Å². The zero-order chi connectivity index (χ0) is 13.3. The molecule has 3 rings (SSSR count). The molecule has 0 unspecified atom stereocenters. The first kappa shape index (κ1) is 12.3. The van der Waals surface area contributed by atoms with E-state index in [2.05, 4.69) is 15.2 Å². The SMILES string of the molecule is CCOC1(c2nc(-c3ccnn3C)no2)CCCC1. The Labute approximate surface area is 111 Å². The van der Waals surface area contributed by atoms with E-state index in [1.165, 1.54) is 0 Å². The van der Waals surface area contributed by atoms with Gasteiger partial charge in [-0.25, -0.2) is 0 Å². The Morgan fingerprint density at radius 1 is 1.42 bits per heavy atom. The molecule has 102 valence electrons. The maximum atomic E-state index is 5.92. The van der Waals surface area contributed by atoms with E-state index in [1.807, 2.05) is 20.0 Å². The summed E-state index contributed by atoms with van der Waals surface area (Å²) in [5.41, 5.74) is 0.470. The van der Waals surface area contributed by atoms with Crippen LogP contribution in [0.2, 0.25) is 0 Å². The predicted octanol–water partition coefficient (Wildman–Crippen LogP) is 2.28. The number of nitrogens with zero attached hydrogens (tertiary/aromatic N) is 4. The maximum absolute atomic E-state index is 5.92. The van der Waals surface area contributed by atoms with Crippen molar-refractivity contribution >= 4 is 0 Å². The lowest BCUT2D eigenvalue weighted by Gasteiger charge is -2.24. The minimum absolute atomic E-state index is 0.376. The van der Waals surface area contributed by atoms with Crippen molar-refractivity contribution in [1.82, 2.24) is 19.9 Å². The first-order valence-electron chi connectivity index (χ1n) is 6.72. The second kappa shape index (κ2) is 4.77. The molecule has 6 nitrogen and oxygen atoms in total. The zero-order valence-electron chi connectivity index (χ0n) is 11.3. The molecule has 0 radical (unpaired) electrons. The maximum Gasteiger partial charge on any atom is 0.259 e. The second-order valence-corrected chi connectivity index (χ2v) is 4.90. The Morgan fingerprint density at radius 2 is 2.21 bits per heavy atom. The van der Waals surface area contributed by atoms with Crippen molar-refractivity contribution in [2.75, 3.05) is 6.61 Å². The summed E-state index contributed by atoms with van der Waals surface area (Å²) in [5.74, 6) is 1.17. The third-order valence-corrected chi connectivity index (χ3v) is 3.70. The van der Waals surface area contributed by atoms with Crippen molar-refractivity contribution < 1.29 is 9.26 Å². The molecular weight excluding hydrogens is 244 g/mol. The molecular formula is C13H18N4O2. The lowest BCUT2D eigenvalue weighted by molar-refractivity contribution is -0.0610. The number of rotatable bonds is 4. The minimum Gasteiger partial charge on any atom is -0.365 e. The topological polar surface area (TPSA) is 66.0 Å². The fraction of sp³-hybridized carbons (Fsp3) is 0.615. The van der Waals surface area contributed by atoms with Crippen molar-refractivity contribution in [3.63, 3.8) is 0 Å². The van der Waals surface area contributed by atoms with Gasteiger partial charge in [0.2, 0.25) is 5.82 Å². The first-order chi connectivity index (χ1) is 9.25. The van der Waals surface area contributed by atoms with Gasteiger partial charge in [-0.15, -0.1) is 0 Å². The van der Waals surface area contributed by atoms with Crippen LogP contribution in [0.25, 0.3) is 11.5 Å². The number of aryl methyl sites for hydroxylation is 1. The van der Waals surface area contributed by atoms with Crippen molar-refractivity contribution in [3.05, 3.63) is 18.2 Å². The van der Waals surface area contributed by atoms with E-state index >= 15 is 0 Å². The van der Waals surface area contributed by atoms with Crippen LogP contribution in [-0.4, -0.2) is 26.5 Å². The second-order valence-electron chi connectivity index (χ2n) is 4.90. The van der Waals surface area contributed by atoms with E-state index in [1.54, 1.807) is 10.9 Å². The smallest absolute Gasteiger partial charge is 0.259 e. The summed E-state index contributed by atoms with van der Waals surface area (Å²) in [5, 5.41) is 8.18. The molecule has 0 amide bonds. The van der Waals surface area contributed by atoms with Crippen molar-refractivity contribution in [2.24, 2.45) is 7.05 Å². The van der Waals surface area contributed by atoms with Crippen LogP contribution in [0.5, 0.6) is 0 Å². The summed E-state index contributed by atoms with van der Waals surface area (Å²) in [6.45, 7) is 2.65. The lowest BCUT2D eigenvalue weighted by atomic mass is 10.0. The monoisotopic (exact) mass is 262 g/mol. The Bertz CT molecular complexity index is 554. The standard InChI is InChI=1S/C13H18N4O2/c1-3-18-13(7-4-5-8-13)12-15-11(16-19-12)10-6-9-14-17(10)2/h6,9H,3-5,7-8H2,1-2H3. The van der Waals surface area contributed by atoms with Gasteiger partial charge in [0.1, 0.15) is 11.3 Å². The molecule has 0 saturated heterocycles. The molecule has 0 N–H and O–H groups in total. The molecule has 1 saturated carbocycles. The molecule has 0 aromatic carbocycles. The van der Waals surface area contributed by atoms with Gasteiger partial charge in [-0.1, -0.05) is 5.16 Å². The molecule has 0 atom stereocenters. The summed E-state index contributed by atoms with van der Waals surface area (Å²) in [6.07, 6.45) is 5.91. The third-order valence-electron chi connectivity index (χ3n) is 3.70. The van der Waals surface area contributed by atoms with Crippen molar-refractivity contribution in [3.8, 4) is 11.5 Å². The molecule has 0 aliphatic heterocycles. The normalized spacial score (nSPS) is 18.0. The zero-order valence-corrected chi connectivity index (χ0v) is 11.3. The van der Waals surface area contributed by atoms with Gasteiger partial charge in [-0.3, -0.25) is 4.68 Å². The van der Waals surface area contributed by atoms with Crippen LogP contribution in [0.1, 0.15) is 38.5 Å². The third kappa shape index (κ3) is 2.06. The summed E-state index contributed by atoms with van der Waals surface area (Å²) in [7, 11) is 1.86. The number of aromatic nitrogens is 4. The molecule has 1 aliphatic rings. The number of ether oxygens (including phenoxy) is 1. The fourth-order valence-electron chi connectivity index (χ4n) is 2.75. The van der Waals surface area contributed by atoms with E-state index in [0.29, 0.717) is 18.3 Å². The van der Waals surface area contributed by atoms with Crippen LogP contribution in [0.4, 0.5) is 0 Å². The molecule has 1 aliphatic carbocycles. The molecule has 2 aromatic rings. The van der Waals surface area contributed by atoms with Crippen molar-refractivity contribution in [1.29, 1.82) is 0 Å². The Morgan fingerprint density at radius 3 is 2.84 bits per heavy atom. The van der Waals surface area contributed by atoms with Gasteiger partial charge < -0.3 is 9.26 Å². The highest BCUT2D eigenvalue weighted by Gasteiger charge is 2.41. The average molecular weight is 262 g/mol. The Balaban J connectivity index is 1.94. The summed E-state index contributed by atoms with van der Waals surface area (Å²) in [6, 6.07) is 1.87. The Kier molecular flexibility index (Phi) is 3.10. The largest absolute Gasteiger partial charge is 0.365 e. The van der Waals surface area contributed by atoms with Gasteiger partial charge in [0.25, 0.3) is 5.89 Å². The highest BCUT2D eigenvalue weighted by atomic mass is 16.5. The van der Waals surface area contributed by atoms with Gasteiger partial charge in [0, 0.05) is 19.9 Å². The summed E-state index contributed by atoms with van der Waals surface area (Å²) in [4.78, 5) is 4.52. The van der Waals surface area contributed by atoms with Gasteiger partial charge in [-0.05, 0) is 38.7 Å². The van der Waals surface area contributed by atoms with Crippen LogP contribution in [0.3, 0.4) is 0 Å². The lowest BCUT2D eigenvalue weighted by Crippen LogP contribution is -2.26. The number of hydrogen-bond donors (Lipinski definition) is 0. The van der Waals surface area contributed by atoms with E-state index in [4.69, 9.17) is 9.26 Å². The molecule has 1 fully saturated rings. The van der Waals surface area contributed by atoms with Crippen molar-refractivity contribution in [2.45, 2.75) is 38.2 Å². The van der Waals surface area contributed by atoms with Gasteiger partial charge in [-0.2, -0.15) is 10.1 Å². The highest BCUT2D eigenvalue weighted by molar-refractivity contribution is 5.47. The van der Waals surface area contributed by atoms with Crippen LogP contribution in [0.15, 0.2) is 16.8 Å². The Hall–Kier alpha value is -1.69. The summed E-state index contributed by atoms with van der Waals surface area (Å²) >= 11 is 0. The molecule has 6 heteroatoms. The average Bonchev–Trinajstić information content (AvgIpc) is 3.08. The van der Waals surface area contributed by atoms with Crippen LogP contribution >= 0.6 is 0 Å². The molecule has 0 spiro atoms. The van der Waals surface area contributed by atoms with E-state index in [-0.39, 0.29) is 5.60 Å². The fourth-order valence-corrected chi connectivity index (χ4v) is 2.75. The van der Waals surface area contributed by atoms with E-state index in [9.17, 15) is 0 Å². The predicted molar refractivity (Wildman–Crippen MR) is 68.3 cm³/mol. The van der Waals surface area contributed by atoms with E-state index < -0.39 is 0 Å². The first-order valence-corrected chi connectivity index (χ1v) is 6.72. The summed E-state index contributed by atoms with van der Waals surface area (Å²) < 4.78 is 13.1. The van der Waals surface area contributed by atoms with Crippen LogP contribution in [0, 0.1) is 0 Å². The van der Waals surface area contributed by atoms with Crippen LogP contribution < -0.4 is 0 Å². The number of hydrogen-bond acceptors (Lipinski definition) is 5.